The number of carbonyl (C=O) groups is 1. The fourth-order valence-electron chi connectivity index (χ4n) is 1.77. The number of nitrogens with one attached hydrogen (secondary N) is 1. The molecule has 1 unspecified atom stereocenters. The summed E-state index contributed by atoms with van der Waals surface area (Å²) in [6.45, 7) is 7.15. The summed E-state index contributed by atoms with van der Waals surface area (Å²) in [4.78, 5) is 11.2. The van der Waals surface area contributed by atoms with Crippen LogP contribution in [0.25, 0.3) is 0 Å². The second-order valence-corrected chi connectivity index (χ2v) is 4.40. The molecule has 0 fully saturated rings. The van der Waals surface area contributed by atoms with Crippen molar-refractivity contribution in [3.63, 3.8) is 0 Å². The molecule has 0 aromatic carbocycles. The molecule has 1 N–H and O–H groups in total. The predicted molar refractivity (Wildman–Crippen MR) is 65.8 cm³/mol. The minimum absolute atomic E-state index is 0.252. The van der Waals surface area contributed by atoms with Crippen molar-refractivity contribution in [2.45, 2.75) is 39.8 Å². The van der Waals surface area contributed by atoms with Gasteiger partial charge in [-0.2, -0.15) is 0 Å². The average Bonchev–Trinajstić information content (AvgIpc) is 2.77. The van der Waals surface area contributed by atoms with Gasteiger partial charge in [-0.05, 0) is 24.5 Å². The zero-order valence-corrected chi connectivity index (χ0v) is 10.9. The van der Waals surface area contributed by atoms with Crippen LogP contribution >= 0.6 is 0 Å². The Morgan fingerprint density at radius 1 is 1.47 bits per heavy atom. The lowest BCUT2D eigenvalue weighted by Gasteiger charge is -2.19. The van der Waals surface area contributed by atoms with Crippen LogP contribution in [0.5, 0.6) is 0 Å². The first-order valence-corrected chi connectivity index (χ1v) is 5.98. The Kier molecular flexibility index (Phi) is 5.22. The lowest BCUT2D eigenvalue weighted by molar-refractivity contribution is 0.0562. The Hall–Kier alpha value is -1.29. The molecule has 1 heterocycles. The molecule has 0 aliphatic carbocycles. The fourth-order valence-corrected chi connectivity index (χ4v) is 1.77. The van der Waals surface area contributed by atoms with Crippen LogP contribution in [0.15, 0.2) is 16.5 Å². The van der Waals surface area contributed by atoms with E-state index in [0.29, 0.717) is 18.5 Å². The minimum Gasteiger partial charge on any atom is -0.463 e. The molecule has 1 aromatic rings. The molecule has 0 aliphatic rings. The van der Waals surface area contributed by atoms with Gasteiger partial charge in [0.15, 0.2) is 0 Å². The number of carbonyl (C=O) groups excluding carboxylic acids is 1. The van der Waals surface area contributed by atoms with E-state index < -0.39 is 5.97 Å². The van der Waals surface area contributed by atoms with E-state index >= 15 is 0 Å². The van der Waals surface area contributed by atoms with Crippen molar-refractivity contribution in [2.24, 2.45) is 5.92 Å². The summed E-state index contributed by atoms with van der Waals surface area (Å²) in [6.07, 6.45) is 1.07. The van der Waals surface area contributed by atoms with E-state index in [0.717, 1.165) is 12.2 Å². The van der Waals surface area contributed by atoms with Crippen LogP contribution in [-0.2, 0) is 11.3 Å². The highest BCUT2D eigenvalue weighted by molar-refractivity contribution is 5.86. The molecule has 96 valence electrons. The van der Waals surface area contributed by atoms with Crippen LogP contribution in [0.2, 0.25) is 0 Å². The van der Waals surface area contributed by atoms with Gasteiger partial charge in [0, 0.05) is 6.04 Å². The normalized spacial score (nSPS) is 12.8. The molecule has 0 saturated carbocycles. The Labute approximate surface area is 102 Å². The van der Waals surface area contributed by atoms with E-state index in [9.17, 15) is 4.79 Å². The third kappa shape index (κ3) is 3.89. The number of ether oxygens (including phenoxy) is 1. The Morgan fingerprint density at radius 3 is 2.71 bits per heavy atom. The van der Waals surface area contributed by atoms with Crippen molar-refractivity contribution < 1.29 is 13.9 Å². The van der Waals surface area contributed by atoms with Gasteiger partial charge in [-0.3, -0.25) is 0 Å². The first kappa shape index (κ1) is 13.8. The molecule has 1 aromatic heterocycles. The van der Waals surface area contributed by atoms with Crippen molar-refractivity contribution in [3.8, 4) is 0 Å². The van der Waals surface area contributed by atoms with Gasteiger partial charge in [-0.15, -0.1) is 0 Å². The van der Waals surface area contributed by atoms with E-state index in [-0.39, 0.29) is 5.76 Å². The smallest absolute Gasteiger partial charge is 0.373 e. The Balaban J connectivity index is 2.52. The molecule has 4 nitrogen and oxygen atoms in total. The van der Waals surface area contributed by atoms with Gasteiger partial charge in [0.05, 0.1) is 13.7 Å². The van der Waals surface area contributed by atoms with Crippen molar-refractivity contribution in [1.82, 2.24) is 5.32 Å². The number of rotatable bonds is 6. The molecule has 17 heavy (non-hydrogen) atoms. The van der Waals surface area contributed by atoms with Gasteiger partial charge >= 0.3 is 5.97 Å². The van der Waals surface area contributed by atoms with E-state index in [2.05, 4.69) is 30.8 Å². The summed E-state index contributed by atoms with van der Waals surface area (Å²) in [7, 11) is 1.34. The molecule has 0 radical (unpaired) electrons. The average molecular weight is 239 g/mol. The zero-order chi connectivity index (χ0) is 12.8. The highest BCUT2D eigenvalue weighted by atomic mass is 16.5. The highest BCUT2D eigenvalue weighted by Crippen LogP contribution is 2.11. The Bertz CT molecular complexity index is 357. The van der Waals surface area contributed by atoms with Gasteiger partial charge in [0.25, 0.3) is 0 Å². The largest absolute Gasteiger partial charge is 0.463 e. The number of esters is 1. The van der Waals surface area contributed by atoms with E-state index in [1.54, 1.807) is 12.1 Å². The summed E-state index contributed by atoms with van der Waals surface area (Å²) < 4.78 is 9.96. The molecular formula is C13H21NO3. The summed E-state index contributed by atoms with van der Waals surface area (Å²) in [5, 5.41) is 3.41. The molecule has 0 bridgehead atoms. The third-order valence-corrected chi connectivity index (χ3v) is 2.83. The fraction of sp³-hybridized carbons (Fsp3) is 0.615. The van der Waals surface area contributed by atoms with Crippen LogP contribution in [0.3, 0.4) is 0 Å². The van der Waals surface area contributed by atoms with Crippen LogP contribution in [0.4, 0.5) is 0 Å². The molecule has 0 saturated heterocycles. The number of hydrogen-bond donors (Lipinski definition) is 1. The maximum Gasteiger partial charge on any atom is 0.373 e. The van der Waals surface area contributed by atoms with Crippen LogP contribution in [0.1, 0.15) is 43.5 Å². The van der Waals surface area contributed by atoms with Crippen molar-refractivity contribution >= 4 is 5.97 Å². The summed E-state index contributed by atoms with van der Waals surface area (Å²) in [5.41, 5.74) is 0. The van der Waals surface area contributed by atoms with Gasteiger partial charge in [-0.25, -0.2) is 4.79 Å². The van der Waals surface area contributed by atoms with Gasteiger partial charge < -0.3 is 14.5 Å². The molecule has 4 heteroatoms. The van der Waals surface area contributed by atoms with Crippen molar-refractivity contribution in [2.75, 3.05) is 7.11 Å². The highest BCUT2D eigenvalue weighted by Gasteiger charge is 2.13. The maximum absolute atomic E-state index is 11.2. The lowest BCUT2D eigenvalue weighted by atomic mass is 10.0. The first-order valence-electron chi connectivity index (χ1n) is 5.98. The summed E-state index contributed by atoms with van der Waals surface area (Å²) in [6, 6.07) is 3.90. The topological polar surface area (TPSA) is 51.5 Å². The van der Waals surface area contributed by atoms with E-state index in [1.807, 2.05) is 0 Å². The van der Waals surface area contributed by atoms with Crippen molar-refractivity contribution in [1.29, 1.82) is 0 Å². The molecule has 0 aliphatic heterocycles. The molecule has 1 rings (SSSR count). The standard InChI is InChI=1S/C13H21NO3/c1-5-11(9(2)3)14-8-10-6-7-12(17-10)13(15)16-4/h6-7,9,11,14H,5,8H2,1-4H3. The quantitative estimate of drug-likeness (QED) is 0.775. The SMILES string of the molecule is CCC(NCc1ccc(C(=O)OC)o1)C(C)C. The van der Waals surface area contributed by atoms with Gasteiger partial charge in [0.2, 0.25) is 5.76 Å². The number of furan rings is 1. The molecule has 0 amide bonds. The second kappa shape index (κ2) is 6.45. The van der Waals surface area contributed by atoms with Crippen LogP contribution < -0.4 is 5.32 Å². The summed E-state index contributed by atoms with van der Waals surface area (Å²) >= 11 is 0. The van der Waals surface area contributed by atoms with Gasteiger partial charge in [0.1, 0.15) is 5.76 Å². The van der Waals surface area contributed by atoms with Crippen LogP contribution in [0, 0.1) is 5.92 Å². The molecular weight excluding hydrogens is 218 g/mol. The van der Waals surface area contributed by atoms with Crippen LogP contribution in [-0.4, -0.2) is 19.1 Å². The summed E-state index contributed by atoms with van der Waals surface area (Å²) in [5.74, 6) is 1.15. The molecule has 0 spiro atoms. The minimum atomic E-state index is -0.438. The monoisotopic (exact) mass is 239 g/mol. The van der Waals surface area contributed by atoms with E-state index in [1.165, 1.54) is 7.11 Å². The third-order valence-electron chi connectivity index (χ3n) is 2.83. The molecule has 1 atom stereocenters. The van der Waals surface area contributed by atoms with Crippen molar-refractivity contribution in [3.05, 3.63) is 23.7 Å². The maximum atomic E-state index is 11.2. The predicted octanol–water partition coefficient (Wildman–Crippen LogP) is 2.59. The lowest BCUT2D eigenvalue weighted by Crippen LogP contribution is -2.32. The zero-order valence-electron chi connectivity index (χ0n) is 10.9. The van der Waals surface area contributed by atoms with Gasteiger partial charge in [-0.1, -0.05) is 20.8 Å². The number of methoxy groups -OCH3 is 1. The number of hydrogen-bond acceptors (Lipinski definition) is 4. The first-order chi connectivity index (χ1) is 8.08. The Morgan fingerprint density at radius 2 is 2.18 bits per heavy atom. The second-order valence-electron chi connectivity index (χ2n) is 4.40. The van der Waals surface area contributed by atoms with E-state index in [4.69, 9.17) is 4.42 Å².